The first kappa shape index (κ1) is 17.0. The number of rotatable bonds is 4. The molecule has 26 heavy (non-hydrogen) atoms. The Morgan fingerprint density at radius 1 is 1.04 bits per heavy atom. The van der Waals surface area contributed by atoms with Crippen LogP contribution >= 0.6 is 11.6 Å². The van der Waals surface area contributed by atoms with Crippen LogP contribution in [0.25, 0.3) is 0 Å². The average Bonchev–Trinajstić information content (AvgIpc) is 2.97. The zero-order valence-electron chi connectivity index (χ0n) is 14.5. The molecule has 1 heterocycles. The molecule has 3 nitrogen and oxygen atoms in total. The first-order valence-corrected chi connectivity index (χ1v) is 8.94. The Morgan fingerprint density at radius 3 is 2.58 bits per heavy atom. The van der Waals surface area contributed by atoms with E-state index in [-0.39, 0.29) is 0 Å². The summed E-state index contributed by atoms with van der Waals surface area (Å²) in [7, 11) is 1.64. The van der Waals surface area contributed by atoms with E-state index >= 15 is 0 Å². The van der Waals surface area contributed by atoms with Crippen molar-refractivity contribution in [2.75, 3.05) is 18.6 Å². The van der Waals surface area contributed by atoms with Crippen molar-refractivity contribution in [2.45, 2.75) is 12.1 Å². The molecule has 1 N–H and O–H groups in total. The number of ether oxygens (including phenoxy) is 1. The number of aliphatic hydroxyl groups is 1. The van der Waals surface area contributed by atoms with E-state index in [1.54, 1.807) is 7.11 Å². The lowest BCUT2D eigenvalue weighted by Crippen LogP contribution is -2.34. The zero-order valence-corrected chi connectivity index (χ0v) is 15.3. The van der Waals surface area contributed by atoms with Crippen LogP contribution in [0.15, 0.2) is 72.8 Å². The molecule has 0 saturated carbocycles. The molecule has 0 aliphatic carbocycles. The van der Waals surface area contributed by atoms with E-state index < -0.39 is 5.60 Å². The molecular weight excluding hydrogens is 346 g/mol. The molecule has 3 aromatic carbocycles. The van der Waals surface area contributed by atoms with Crippen LogP contribution in [0.1, 0.15) is 16.7 Å². The summed E-state index contributed by atoms with van der Waals surface area (Å²) in [6, 6.07) is 23.5. The fraction of sp³-hybridized carbons (Fsp3) is 0.182. The Labute approximate surface area is 158 Å². The highest BCUT2D eigenvalue weighted by Gasteiger charge is 2.42. The Kier molecular flexibility index (Phi) is 4.35. The Morgan fingerprint density at radius 2 is 1.81 bits per heavy atom. The lowest BCUT2D eigenvalue weighted by atomic mass is 9.88. The van der Waals surface area contributed by atoms with Gasteiger partial charge in [0.05, 0.1) is 13.7 Å². The number of para-hydroxylation sites is 1. The van der Waals surface area contributed by atoms with Gasteiger partial charge in [-0.15, -0.1) is 0 Å². The Balaban J connectivity index is 1.72. The normalized spacial score (nSPS) is 18.7. The second kappa shape index (κ2) is 6.67. The highest BCUT2D eigenvalue weighted by Crippen LogP contribution is 2.44. The fourth-order valence-electron chi connectivity index (χ4n) is 3.62. The number of nitrogens with zero attached hydrogens (tertiary/aromatic N) is 1. The van der Waals surface area contributed by atoms with Crippen LogP contribution in [-0.4, -0.2) is 18.8 Å². The van der Waals surface area contributed by atoms with Gasteiger partial charge in [0, 0.05) is 22.8 Å². The van der Waals surface area contributed by atoms with Gasteiger partial charge in [0.15, 0.2) is 0 Å². The summed E-state index contributed by atoms with van der Waals surface area (Å²) in [6.07, 6.45) is 0. The summed E-state index contributed by atoms with van der Waals surface area (Å²) in [4.78, 5) is 2.21. The minimum absolute atomic E-state index is 0.488. The number of β-amino-alcohol motifs (C(OH)–C–C–N with tert-alkyl or cyclic N) is 1. The summed E-state index contributed by atoms with van der Waals surface area (Å²) in [5.41, 5.74) is 2.88. The topological polar surface area (TPSA) is 32.7 Å². The van der Waals surface area contributed by atoms with Crippen LogP contribution in [0.5, 0.6) is 5.75 Å². The highest BCUT2D eigenvalue weighted by atomic mass is 35.5. The number of benzene rings is 3. The second-order valence-electron chi connectivity index (χ2n) is 6.59. The van der Waals surface area contributed by atoms with Gasteiger partial charge in [0.2, 0.25) is 0 Å². The monoisotopic (exact) mass is 365 g/mol. The summed E-state index contributed by atoms with van der Waals surface area (Å²) in [5.74, 6) is 0.740. The van der Waals surface area contributed by atoms with E-state index in [9.17, 15) is 5.11 Å². The number of fused-ring (bicyclic) bond motifs is 1. The molecule has 1 aliphatic rings. The number of hydrogen-bond acceptors (Lipinski definition) is 3. The van der Waals surface area contributed by atoms with Crippen molar-refractivity contribution in [2.24, 2.45) is 0 Å². The molecule has 4 heteroatoms. The lowest BCUT2D eigenvalue weighted by molar-refractivity contribution is 0.0975. The van der Waals surface area contributed by atoms with Crippen molar-refractivity contribution in [1.29, 1.82) is 0 Å². The largest absolute Gasteiger partial charge is 0.497 e. The van der Waals surface area contributed by atoms with Crippen molar-refractivity contribution in [1.82, 2.24) is 0 Å². The molecule has 0 spiro atoms. The van der Waals surface area contributed by atoms with Gasteiger partial charge in [-0.05, 0) is 41.5 Å². The minimum atomic E-state index is -1.07. The third-order valence-corrected chi connectivity index (χ3v) is 5.20. The predicted molar refractivity (Wildman–Crippen MR) is 105 cm³/mol. The summed E-state index contributed by atoms with van der Waals surface area (Å²) in [6.45, 7) is 1.20. The van der Waals surface area contributed by atoms with Gasteiger partial charge in [0.1, 0.15) is 11.4 Å². The summed E-state index contributed by atoms with van der Waals surface area (Å²) in [5, 5.41) is 12.3. The molecule has 0 saturated heterocycles. The predicted octanol–water partition coefficient (Wildman–Crippen LogP) is 4.60. The SMILES string of the molecule is COc1cccc(C2(O)CN(Cc3ccc(Cl)cc3)c3ccccc32)c1. The third kappa shape index (κ3) is 2.94. The molecule has 0 radical (unpaired) electrons. The van der Waals surface area contributed by atoms with E-state index in [2.05, 4.69) is 11.0 Å². The van der Waals surface area contributed by atoms with Crippen LogP contribution in [0.3, 0.4) is 0 Å². The van der Waals surface area contributed by atoms with E-state index in [0.717, 1.165) is 33.1 Å². The van der Waals surface area contributed by atoms with Gasteiger partial charge in [-0.25, -0.2) is 0 Å². The minimum Gasteiger partial charge on any atom is -0.497 e. The van der Waals surface area contributed by atoms with Crippen LogP contribution in [0.2, 0.25) is 5.02 Å². The summed E-state index contributed by atoms with van der Waals surface area (Å²) < 4.78 is 5.34. The van der Waals surface area contributed by atoms with Gasteiger partial charge >= 0.3 is 0 Å². The maximum Gasteiger partial charge on any atom is 0.134 e. The first-order chi connectivity index (χ1) is 12.6. The van der Waals surface area contributed by atoms with Crippen LogP contribution in [0.4, 0.5) is 5.69 Å². The average molecular weight is 366 g/mol. The van der Waals surface area contributed by atoms with E-state index in [4.69, 9.17) is 16.3 Å². The van der Waals surface area contributed by atoms with Crippen LogP contribution in [0, 0.1) is 0 Å². The zero-order chi connectivity index (χ0) is 18.1. The van der Waals surface area contributed by atoms with Crippen LogP contribution in [-0.2, 0) is 12.1 Å². The Bertz CT molecular complexity index is 925. The van der Waals surface area contributed by atoms with Gasteiger partial charge < -0.3 is 14.7 Å². The van der Waals surface area contributed by atoms with Crippen molar-refractivity contribution in [3.8, 4) is 5.75 Å². The van der Waals surface area contributed by atoms with Gasteiger partial charge in [-0.3, -0.25) is 0 Å². The number of halogens is 1. The van der Waals surface area contributed by atoms with Gasteiger partial charge in [-0.1, -0.05) is 54.1 Å². The fourth-order valence-corrected chi connectivity index (χ4v) is 3.75. The molecule has 1 unspecified atom stereocenters. The van der Waals surface area contributed by atoms with E-state index in [1.807, 2.05) is 66.7 Å². The molecular formula is C22H20ClNO2. The molecule has 3 aromatic rings. The molecule has 1 atom stereocenters. The smallest absolute Gasteiger partial charge is 0.134 e. The van der Waals surface area contributed by atoms with E-state index in [0.29, 0.717) is 13.1 Å². The standard InChI is InChI=1S/C22H20ClNO2/c1-26-19-6-4-5-17(13-19)22(25)15-24(21-8-3-2-7-20(21)22)14-16-9-11-18(23)12-10-16/h2-13,25H,14-15H2,1H3. The number of hydrogen-bond donors (Lipinski definition) is 1. The van der Waals surface area contributed by atoms with Crippen LogP contribution < -0.4 is 9.64 Å². The maximum atomic E-state index is 11.6. The second-order valence-corrected chi connectivity index (χ2v) is 7.03. The summed E-state index contributed by atoms with van der Waals surface area (Å²) >= 11 is 6.00. The molecule has 4 rings (SSSR count). The van der Waals surface area contributed by atoms with Gasteiger partial charge in [0.25, 0.3) is 0 Å². The molecule has 132 valence electrons. The van der Waals surface area contributed by atoms with Crippen molar-refractivity contribution >= 4 is 17.3 Å². The van der Waals surface area contributed by atoms with Crippen molar-refractivity contribution < 1.29 is 9.84 Å². The number of methoxy groups -OCH3 is 1. The molecule has 1 aliphatic heterocycles. The van der Waals surface area contributed by atoms with E-state index in [1.165, 1.54) is 0 Å². The van der Waals surface area contributed by atoms with Crippen molar-refractivity contribution in [3.63, 3.8) is 0 Å². The molecule has 0 aromatic heterocycles. The number of anilines is 1. The molecule has 0 amide bonds. The molecule has 0 bridgehead atoms. The lowest BCUT2D eigenvalue weighted by Gasteiger charge is -2.26. The maximum absolute atomic E-state index is 11.6. The third-order valence-electron chi connectivity index (χ3n) is 4.94. The first-order valence-electron chi connectivity index (χ1n) is 8.56. The Hall–Kier alpha value is -2.49. The highest BCUT2D eigenvalue weighted by molar-refractivity contribution is 6.30. The quantitative estimate of drug-likeness (QED) is 0.733. The molecule has 0 fully saturated rings. The van der Waals surface area contributed by atoms with Crippen molar-refractivity contribution in [3.05, 3.63) is 94.5 Å². The van der Waals surface area contributed by atoms with Gasteiger partial charge in [-0.2, -0.15) is 0 Å².